The fourth-order valence-electron chi connectivity index (χ4n) is 2.34. The van der Waals surface area contributed by atoms with Crippen LogP contribution in [0.5, 0.6) is 0 Å². The van der Waals surface area contributed by atoms with Crippen LogP contribution in [0.4, 0.5) is 5.69 Å². The normalized spacial score (nSPS) is 8.96. The van der Waals surface area contributed by atoms with E-state index in [0.717, 1.165) is 54.2 Å². The molecule has 0 spiro atoms. The van der Waals surface area contributed by atoms with Crippen LogP contribution in [0.2, 0.25) is 5.02 Å². The van der Waals surface area contributed by atoms with Crippen LogP contribution in [0, 0.1) is 0 Å². The third-order valence-electron chi connectivity index (χ3n) is 3.57. The Morgan fingerprint density at radius 3 is 2.28 bits per heavy atom. The van der Waals surface area contributed by atoms with Gasteiger partial charge < -0.3 is 26.6 Å². The van der Waals surface area contributed by atoms with Crippen LogP contribution in [-0.4, -0.2) is 52.5 Å². The summed E-state index contributed by atoms with van der Waals surface area (Å²) in [6.45, 7) is 8.75. The molecule has 0 saturated carbocycles. The summed E-state index contributed by atoms with van der Waals surface area (Å²) >= 11 is 6.00. The molecule has 6 nitrogen and oxygen atoms in total. The summed E-state index contributed by atoms with van der Waals surface area (Å²) in [4.78, 5) is 6.79. The van der Waals surface area contributed by atoms with Gasteiger partial charge >= 0.3 is 0 Å². The zero-order valence-corrected chi connectivity index (χ0v) is 16.9. The van der Waals surface area contributed by atoms with Gasteiger partial charge in [0.2, 0.25) is 0 Å². The van der Waals surface area contributed by atoms with Crippen molar-refractivity contribution in [3.8, 4) is 0 Å². The van der Waals surface area contributed by atoms with Crippen LogP contribution in [0.15, 0.2) is 30.5 Å². The fraction of sp³-hybridized carbons (Fsp3) is 0.438. The van der Waals surface area contributed by atoms with Crippen molar-refractivity contribution in [1.29, 1.82) is 0 Å². The van der Waals surface area contributed by atoms with Crippen LogP contribution >= 0.6 is 36.4 Å². The van der Waals surface area contributed by atoms with E-state index in [4.69, 9.17) is 11.6 Å². The van der Waals surface area contributed by atoms with Gasteiger partial charge in [-0.3, -0.25) is 4.98 Å². The summed E-state index contributed by atoms with van der Waals surface area (Å²) in [5.74, 6) is 0. The van der Waals surface area contributed by atoms with Crippen molar-refractivity contribution in [2.45, 2.75) is 20.3 Å². The Morgan fingerprint density at radius 2 is 1.68 bits per heavy atom. The van der Waals surface area contributed by atoms with Gasteiger partial charge in [0, 0.05) is 28.8 Å². The lowest BCUT2D eigenvalue weighted by Gasteiger charge is -2.18. The summed E-state index contributed by atoms with van der Waals surface area (Å²) < 4.78 is 0. The number of hydrogen-bond acceptors (Lipinski definition) is 3. The van der Waals surface area contributed by atoms with E-state index in [2.05, 4.69) is 29.0 Å². The molecule has 9 heteroatoms. The van der Waals surface area contributed by atoms with Crippen LogP contribution in [-0.2, 0) is 0 Å². The van der Waals surface area contributed by atoms with Crippen LogP contribution in [0.25, 0.3) is 10.9 Å². The quantitative estimate of drug-likeness (QED) is 0.694. The molecule has 148 valence electrons. The zero-order chi connectivity index (χ0) is 14.4. The minimum absolute atomic E-state index is 0. The molecule has 2 aromatic rings. The molecule has 25 heavy (non-hydrogen) atoms. The maximum Gasteiger partial charge on any atom is 0.0737 e. The average molecular weight is 419 g/mol. The number of rotatable bonds is 7. The maximum absolute atomic E-state index is 6.00. The predicted octanol–water partition coefficient (Wildman–Crippen LogP) is 2.40. The third kappa shape index (κ3) is 9.42. The van der Waals surface area contributed by atoms with Gasteiger partial charge in [-0.05, 0) is 50.3 Å². The Morgan fingerprint density at radius 1 is 1.04 bits per heavy atom. The molecule has 0 saturated heterocycles. The number of benzene rings is 1. The highest BCUT2D eigenvalue weighted by Gasteiger charge is 2.03. The van der Waals surface area contributed by atoms with Crippen molar-refractivity contribution < 1.29 is 16.4 Å². The first-order valence-corrected chi connectivity index (χ1v) is 7.63. The van der Waals surface area contributed by atoms with Crippen molar-refractivity contribution >= 4 is 53.0 Å². The highest BCUT2D eigenvalue weighted by molar-refractivity contribution is 6.31. The molecule has 2 rings (SSSR count). The number of nitrogens with zero attached hydrogens (tertiary/aromatic N) is 2. The first-order chi connectivity index (χ1) is 9.74. The minimum Gasteiger partial charge on any atom is -0.412 e. The molecule has 0 unspecified atom stereocenters. The van der Waals surface area contributed by atoms with E-state index >= 15 is 0 Å². The van der Waals surface area contributed by atoms with Gasteiger partial charge in [-0.15, -0.1) is 24.8 Å². The van der Waals surface area contributed by atoms with Crippen molar-refractivity contribution in [3.05, 3.63) is 35.5 Å². The molecule has 0 aliphatic rings. The van der Waals surface area contributed by atoms with E-state index in [1.807, 2.05) is 30.5 Å². The third-order valence-corrected chi connectivity index (χ3v) is 3.80. The number of hydrogen-bond donors (Lipinski definition) is 1. The molecular weight excluding hydrogens is 389 g/mol. The first kappa shape index (κ1) is 31.9. The van der Waals surface area contributed by atoms with Crippen molar-refractivity contribution in [1.82, 2.24) is 9.88 Å². The van der Waals surface area contributed by atoms with Gasteiger partial charge in [0.1, 0.15) is 0 Å². The number of halogens is 3. The van der Waals surface area contributed by atoms with Crippen LogP contribution in [0.1, 0.15) is 20.3 Å². The molecule has 1 aromatic heterocycles. The second-order valence-corrected chi connectivity index (χ2v) is 5.26. The molecule has 0 bridgehead atoms. The van der Waals surface area contributed by atoms with Gasteiger partial charge in [-0.25, -0.2) is 0 Å². The standard InChI is InChI=1S/C16H22ClN3.2ClH.3H2O/c1-3-20(4-2)11-5-9-18-15-8-10-19-16-12-13(17)6-7-14(15)16;;;;;/h6-8,10,12H,3-5,9,11H2,1-2H3,(H,18,19);2*1H;3*1H2. The molecule has 0 radical (unpaired) electrons. The molecule has 0 atom stereocenters. The average Bonchev–Trinajstić information content (AvgIpc) is 2.47. The van der Waals surface area contributed by atoms with E-state index in [-0.39, 0.29) is 41.2 Å². The molecule has 0 amide bonds. The summed E-state index contributed by atoms with van der Waals surface area (Å²) in [6.07, 6.45) is 2.96. The molecule has 1 heterocycles. The number of pyridine rings is 1. The molecular formula is C16H30Cl3N3O3. The Hall–Kier alpha value is -0.860. The van der Waals surface area contributed by atoms with Gasteiger partial charge in [0.15, 0.2) is 0 Å². The number of nitrogens with one attached hydrogen (secondary N) is 1. The van der Waals surface area contributed by atoms with E-state index in [1.165, 1.54) is 0 Å². The lowest BCUT2D eigenvalue weighted by atomic mass is 10.2. The van der Waals surface area contributed by atoms with E-state index in [9.17, 15) is 0 Å². The summed E-state index contributed by atoms with van der Waals surface area (Å²) in [5.41, 5.74) is 2.07. The number of fused-ring (bicyclic) bond motifs is 1. The van der Waals surface area contributed by atoms with Crippen molar-refractivity contribution in [2.24, 2.45) is 0 Å². The monoisotopic (exact) mass is 417 g/mol. The Bertz CT molecular complexity index is 573. The van der Waals surface area contributed by atoms with Crippen LogP contribution in [0.3, 0.4) is 0 Å². The SMILES string of the molecule is CCN(CC)CCCNc1ccnc2cc(Cl)ccc12.Cl.Cl.O.O.O. The van der Waals surface area contributed by atoms with Crippen molar-refractivity contribution in [2.75, 3.05) is 31.5 Å². The topological polar surface area (TPSA) is 123 Å². The van der Waals surface area contributed by atoms with E-state index in [1.54, 1.807) is 0 Å². The second-order valence-electron chi connectivity index (χ2n) is 4.83. The predicted molar refractivity (Wildman–Crippen MR) is 113 cm³/mol. The lowest BCUT2D eigenvalue weighted by molar-refractivity contribution is 0.303. The summed E-state index contributed by atoms with van der Waals surface area (Å²) in [6, 6.07) is 7.86. The summed E-state index contributed by atoms with van der Waals surface area (Å²) in [5, 5.41) is 5.35. The Labute approximate surface area is 166 Å². The summed E-state index contributed by atoms with van der Waals surface area (Å²) in [7, 11) is 0. The van der Waals surface area contributed by atoms with E-state index in [0.29, 0.717) is 0 Å². The minimum atomic E-state index is 0. The van der Waals surface area contributed by atoms with Gasteiger partial charge in [0.05, 0.1) is 5.52 Å². The lowest BCUT2D eigenvalue weighted by Crippen LogP contribution is -2.25. The molecule has 0 aliphatic heterocycles. The molecule has 0 fully saturated rings. The van der Waals surface area contributed by atoms with E-state index < -0.39 is 0 Å². The molecule has 7 N–H and O–H groups in total. The zero-order valence-electron chi connectivity index (χ0n) is 14.5. The van der Waals surface area contributed by atoms with Gasteiger partial charge in [-0.1, -0.05) is 25.4 Å². The highest BCUT2D eigenvalue weighted by atomic mass is 35.5. The van der Waals surface area contributed by atoms with Crippen LogP contribution < -0.4 is 5.32 Å². The van der Waals surface area contributed by atoms with Gasteiger partial charge in [-0.2, -0.15) is 0 Å². The fourth-order valence-corrected chi connectivity index (χ4v) is 2.51. The molecule has 0 aliphatic carbocycles. The second kappa shape index (κ2) is 16.6. The number of anilines is 1. The highest BCUT2D eigenvalue weighted by Crippen LogP contribution is 2.24. The van der Waals surface area contributed by atoms with Gasteiger partial charge in [0.25, 0.3) is 0 Å². The first-order valence-electron chi connectivity index (χ1n) is 7.25. The Balaban J connectivity index is -0.000000441. The largest absolute Gasteiger partial charge is 0.412 e. The Kier molecular flexibility index (Phi) is 21.2. The number of aromatic nitrogens is 1. The van der Waals surface area contributed by atoms with Crippen molar-refractivity contribution in [3.63, 3.8) is 0 Å². The molecule has 1 aromatic carbocycles. The maximum atomic E-state index is 6.00. The smallest absolute Gasteiger partial charge is 0.0737 e.